The molecule has 1 aliphatic carbocycles. The summed E-state index contributed by atoms with van der Waals surface area (Å²) in [6.45, 7) is 20.1. The van der Waals surface area contributed by atoms with Gasteiger partial charge in [0.25, 0.3) is 0 Å². The van der Waals surface area contributed by atoms with Crippen LogP contribution in [-0.2, 0) is 4.74 Å². The van der Waals surface area contributed by atoms with E-state index < -0.39 is 0 Å². The topological polar surface area (TPSA) is 12.5 Å². The highest BCUT2D eigenvalue weighted by atomic mass is 16.5. The normalized spacial score (nSPS) is 31.9. The van der Waals surface area contributed by atoms with Crippen LogP contribution in [-0.4, -0.2) is 35.2 Å². The molecule has 114 valence electrons. The standard InChI is InChI=1S/C15H29NO.C2H6/c1-14(2,3)16-9-11-7-13(8-12(11)10-16)17-15(4,5)6;1-2/h11-13H,7-10H2,1-6H3;1-2H3. The lowest BCUT2D eigenvalue weighted by Gasteiger charge is -2.33. The number of nitrogens with zero attached hydrogens (tertiary/aromatic N) is 1. The maximum Gasteiger partial charge on any atom is 0.0602 e. The van der Waals surface area contributed by atoms with Gasteiger partial charge in [-0.2, -0.15) is 0 Å². The van der Waals surface area contributed by atoms with Gasteiger partial charge in [-0.25, -0.2) is 0 Å². The molecule has 0 N–H and O–H groups in total. The first kappa shape index (κ1) is 17.0. The minimum Gasteiger partial charge on any atom is -0.373 e. The largest absolute Gasteiger partial charge is 0.373 e. The van der Waals surface area contributed by atoms with Crippen LogP contribution in [0.5, 0.6) is 0 Å². The van der Waals surface area contributed by atoms with Gasteiger partial charge in [-0.1, -0.05) is 13.8 Å². The predicted molar refractivity (Wildman–Crippen MR) is 83.5 cm³/mol. The van der Waals surface area contributed by atoms with E-state index in [0.29, 0.717) is 11.6 Å². The molecule has 2 fully saturated rings. The van der Waals surface area contributed by atoms with Gasteiger partial charge in [0.05, 0.1) is 11.7 Å². The molecule has 2 aliphatic rings. The Balaban J connectivity index is 0.000000861. The van der Waals surface area contributed by atoms with Crippen molar-refractivity contribution >= 4 is 0 Å². The molecule has 0 aromatic rings. The van der Waals surface area contributed by atoms with Gasteiger partial charge in [-0.3, -0.25) is 4.90 Å². The molecule has 1 saturated heterocycles. The van der Waals surface area contributed by atoms with Gasteiger partial charge < -0.3 is 4.74 Å². The van der Waals surface area contributed by atoms with E-state index >= 15 is 0 Å². The van der Waals surface area contributed by atoms with E-state index in [9.17, 15) is 0 Å². The van der Waals surface area contributed by atoms with Crippen molar-refractivity contribution in [3.05, 3.63) is 0 Å². The van der Waals surface area contributed by atoms with Crippen molar-refractivity contribution in [1.29, 1.82) is 0 Å². The highest BCUT2D eigenvalue weighted by Gasteiger charge is 2.44. The Labute approximate surface area is 120 Å². The van der Waals surface area contributed by atoms with Crippen LogP contribution in [0.3, 0.4) is 0 Å². The molecule has 19 heavy (non-hydrogen) atoms. The van der Waals surface area contributed by atoms with Gasteiger partial charge in [0, 0.05) is 18.6 Å². The fourth-order valence-corrected chi connectivity index (χ4v) is 3.39. The molecular weight excluding hydrogens is 234 g/mol. The van der Waals surface area contributed by atoms with Crippen LogP contribution in [0.15, 0.2) is 0 Å². The fraction of sp³-hybridized carbons (Fsp3) is 1.00. The SMILES string of the molecule is CC.CC(C)(C)OC1CC2CN(C(C)(C)C)CC2C1. The summed E-state index contributed by atoms with van der Waals surface area (Å²) < 4.78 is 6.14. The predicted octanol–water partition coefficient (Wildman–Crippen LogP) is 4.34. The van der Waals surface area contributed by atoms with Crippen LogP contribution in [0.1, 0.15) is 68.2 Å². The van der Waals surface area contributed by atoms with Crippen molar-refractivity contribution in [2.45, 2.75) is 85.5 Å². The molecular formula is C17H35NO. The van der Waals surface area contributed by atoms with Crippen LogP contribution in [0.25, 0.3) is 0 Å². The van der Waals surface area contributed by atoms with Gasteiger partial charge in [0.1, 0.15) is 0 Å². The van der Waals surface area contributed by atoms with Gasteiger partial charge in [0.15, 0.2) is 0 Å². The van der Waals surface area contributed by atoms with Gasteiger partial charge in [-0.05, 0) is 66.2 Å². The zero-order chi connectivity index (χ0) is 14.8. The van der Waals surface area contributed by atoms with Crippen molar-refractivity contribution in [1.82, 2.24) is 4.90 Å². The summed E-state index contributed by atoms with van der Waals surface area (Å²) in [5.41, 5.74) is 0.359. The lowest BCUT2D eigenvalue weighted by molar-refractivity contribution is -0.0609. The Hall–Kier alpha value is -0.0800. The Kier molecular flexibility index (Phi) is 5.48. The molecule has 0 spiro atoms. The van der Waals surface area contributed by atoms with Gasteiger partial charge >= 0.3 is 0 Å². The van der Waals surface area contributed by atoms with Gasteiger partial charge in [0.2, 0.25) is 0 Å². The molecule has 0 aromatic heterocycles. The first-order chi connectivity index (χ1) is 8.65. The minimum absolute atomic E-state index is 0.0209. The molecule has 2 unspecified atom stereocenters. The summed E-state index contributed by atoms with van der Waals surface area (Å²) in [6, 6.07) is 0. The maximum atomic E-state index is 6.14. The molecule has 2 nitrogen and oxygen atoms in total. The molecule has 2 atom stereocenters. The van der Waals surface area contributed by atoms with Crippen LogP contribution in [0.2, 0.25) is 0 Å². The lowest BCUT2D eigenvalue weighted by atomic mass is 10.0. The summed E-state index contributed by atoms with van der Waals surface area (Å²) in [5.74, 6) is 1.75. The number of hydrogen-bond donors (Lipinski definition) is 0. The number of ether oxygens (including phenoxy) is 1. The molecule has 1 saturated carbocycles. The van der Waals surface area contributed by atoms with Crippen LogP contribution in [0.4, 0.5) is 0 Å². The molecule has 0 amide bonds. The smallest absolute Gasteiger partial charge is 0.0602 e. The first-order valence-electron chi connectivity index (χ1n) is 8.08. The van der Waals surface area contributed by atoms with E-state index in [1.807, 2.05) is 13.8 Å². The average Bonchev–Trinajstić information content (AvgIpc) is 2.74. The fourth-order valence-electron chi connectivity index (χ4n) is 3.39. The third kappa shape index (κ3) is 4.75. The van der Waals surface area contributed by atoms with Crippen molar-refractivity contribution in [3.8, 4) is 0 Å². The Morgan fingerprint density at radius 2 is 1.26 bits per heavy atom. The Bertz CT molecular complexity index is 260. The molecule has 2 heteroatoms. The number of rotatable bonds is 1. The Morgan fingerprint density at radius 1 is 0.842 bits per heavy atom. The van der Waals surface area contributed by atoms with Crippen LogP contribution in [0, 0.1) is 11.8 Å². The van der Waals surface area contributed by atoms with Crippen molar-refractivity contribution in [2.24, 2.45) is 11.8 Å². The van der Waals surface area contributed by atoms with E-state index in [2.05, 4.69) is 46.4 Å². The third-order valence-electron chi connectivity index (χ3n) is 4.18. The molecule has 1 aliphatic heterocycles. The van der Waals surface area contributed by atoms with Crippen LogP contribution >= 0.6 is 0 Å². The summed E-state index contributed by atoms with van der Waals surface area (Å²) in [4.78, 5) is 2.65. The highest BCUT2D eigenvalue weighted by molar-refractivity contribution is 4.96. The van der Waals surface area contributed by atoms with Crippen LogP contribution < -0.4 is 0 Å². The second kappa shape index (κ2) is 6.13. The first-order valence-corrected chi connectivity index (χ1v) is 8.08. The van der Waals surface area contributed by atoms with Crippen molar-refractivity contribution in [2.75, 3.05) is 13.1 Å². The zero-order valence-electron chi connectivity index (χ0n) is 14.4. The Morgan fingerprint density at radius 3 is 1.58 bits per heavy atom. The average molecular weight is 269 g/mol. The summed E-state index contributed by atoms with van der Waals surface area (Å²) in [7, 11) is 0. The van der Waals surface area contributed by atoms with E-state index in [-0.39, 0.29) is 5.60 Å². The summed E-state index contributed by atoms with van der Waals surface area (Å²) in [5, 5.41) is 0. The second-order valence-electron chi connectivity index (χ2n) is 7.92. The highest BCUT2D eigenvalue weighted by Crippen LogP contribution is 2.42. The number of likely N-dealkylation sites (tertiary alicyclic amines) is 1. The molecule has 2 rings (SSSR count). The van der Waals surface area contributed by atoms with Gasteiger partial charge in [-0.15, -0.1) is 0 Å². The quantitative estimate of drug-likeness (QED) is 0.702. The van der Waals surface area contributed by atoms with E-state index in [0.717, 1.165) is 11.8 Å². The summed E-state index contributed by atoms with van der Waals surface area (Å²) in [6.07, 6.45) is 3.05. The number of hydrogen-bond acceptors (Lipinski definition) is 2. The zero-order valence-corrected chi connectivity index (χ0v) is 14.4. The van der Waals surface area contributed by atoms with E-state index in [1.165, 1.54) is 25.9 Å². The third-order valence-corrected chi connectivity index (χ3v) is 4.18. The molecule has 0 bridgehead atoms. The molecule has 1 heterocycles. The van der Waals surface area contributed by atoms with Crippen molar-refractivity contribution < 1.29 is 4.74 Å². The maximum absolute atomic E-state index is 6.14. The number of fused-ring (bicyclic) bond motifs is 1. The summed E-state index contributed by atoms with van der Waals surface area (Å²) >= 11 is 0. The minimum atomic E-state index is 0.0209. The molecule has 0 radical (unpaired) electrons. The monoisotopic (exact) mass is 269 g/mol. The van der Waals surface area contributed by atoms with Crippen molar-refractivity contribution in [3.63, 3.8) is 0 Å². The molecule has 0 aromatic carbocycles. The second-order valence-corrected chi connectivity index (χ2v) is 7.92. The van der Waals surface area contributed by atoms with E-state index in [4.69, 9.17) is 4.74 Å². The van der Waals surface area contributed by atoms with E-state index in [1.54, 1.807) is 0 Å². The lowest BCUT2D eigenvalue weighted by Crippen LogP contribution is -2.40.